The number of hydrogen-bond donors (Lipinski definition) is 2. The highest BCUT2D eigenvalue weighted by Crippen LogP contribution is 2.18. The van der Waals surface area contributed by atoms with E-state index >= 15 is 0 Å². The van der Waals surface area contributed by atoms with Gasteiger partial charge < -0.3 is 15.4 Å². The van der Waals surface area contributed by atoms with Gasteiger partial charge >= 0.3 is 17.2 Å². The molecule has 2 amide bonds. The smallest absolute Gasteiger partial charge is 0.441 e. The van der Waals surface area contributed by atoms with Crippen molar-refractivity contribution < 1.29 is 23.5 Å². The van der Waals surface area contributed by atoms with E-state index < -0.39 is 11.5 Å². The third-order valence-electron chi connectivity index (χ3n) is 4.36. The van der Waals surface area contributed by atoms with Crippen LogP contribution in [0, 0.1) is 5.92 Å². The van der Waals surface area contributed by atoms with E-state index in [9.17, 15) is 14.4 Å². The molecule has 1 fully saturated rings. The van der Waals surface area contributed by atoms with Crippen molar-refractivity contribution in [3.8, 4) is 11.4 Å². The average Bonchev–Trinajstić information content (AvgIpc) is 3.02. The third-order valence-corrected chi connectivity index (χ3v) is 4.36. The Balaban J connectivity index is 1.85. The van der Waals surface area contributed by atoms with E-state index in [1.54, 1.807) is 31.4 Å². The van der Waals surface area contributed by atoms with Crippen molar-refractivity contribution in [3.63, 3.8) is 0 Å². The Morgan fingerprint density at radius 1 is 1.28 bits per heavy atom. The van der Waals surface area contributed by atoms with Crippen molar-refractivity contribution in [1.29, 1.82) is 0 Å². The number of rotatable bonds is 4. The molecule has 1 aromatic carbocycles. The molecule has 0 radical (unpaired) electrons. The highest BCUT2D eigenvalue weighted by Gasteiger charge is 2.36. The van der Waals surface area contributed by atoms with Gasteiger partial charge in [-0.05, 0) is 34.9 Å². The second kappa shape index (κ2) is 6.80. The van der Waals surface area contributed by atoms with Crippen LogP contribution in [0.4, 0.5) is 0 Å². The maximum atomic E-state index is 12.8. The van der Waals surface area contributed by atoms with Gasteiger partial charge in [0, 0.05) is 31.1 Å². The lowest BCUT2D eigenvalue weighted by Crippen LogP contribution is -2.49. The van der Waals surface area contributed by atoms with Crippen LogP contribution in [0.5, 0.6) is 5.75 Å². The van der Waals surface area contributed by atoms with Crippen LogP contribution in [0.25, 0.3) is 5.69 Å². The van der Waals surface area contributed by atoms with E-state index in [1.165, 1.54) is 9.58 Å². The lowest BCUT2D eigenvalue weighted by atomic mass is 9.96. The lowest BCUT2D eigenvalue weighted by molar-refractivity contribution is -0.672. The van der Waals surface area contributed by atoms with Crippen LogP contribution in [0.15, 0.2) is 33.6 Å². The molecule has 9 heteroatoms. The molecule has 25 heavy (non-hydrogen) atoms. The molecule has 132 valence electrons. The van der Waals surface area contributed by atoms with Gasteiger partial charge in [-0.2, -0.15) is 0 Å². The fourth-order valence-electron chi connectivity index (χ4n) is 2.89. The number of nitrogens with two attached hydrogens (primary N) is 1. The van der Waals surface area contributed by atoms with E-state index in [4.69, 9.17) is 15.0 Å². The summed E-state index contributed by atoms with van der Waals surface area (Å²) in [4.78, 5) is 37.6. The summed E-state index contributed by atoms with van der Waals surface area (Å²) in [6.45, 7) is 0.722. The first-order valence-electron chi connectivity index (χ1n) is 7.88. The fourth-order valence-corrected chi connectivity index (χ4v) is 2.89. The molecule has 1 aliphatic rings. The number of nitrogens with zero attached hydrogens (tertiary/aromatic N) is 2. The van der Waals surface area contributed by atoms with E-state index in [-0.39, 0.29) is 17.5 Å². The zero-order chi connectivity index (χ0) is 18.0. The number of likely N-dealkylation sites (tertiary alicyclic amines) is 1. The summed E-state index contributed by atoms with van der Waals surface area (Å²) in [6.07, 6.45) is 0.971. The van der Waals surface area contributed by atoms with E-state index in [1.807, 2.05) is 0 Å². The third kappa shape index (κ3) is 3.25. The van der Waals surface area contributed by atoms with Crippen LogP contribution in [0.1, 0.15) is 23.3 Å². The van der Waals surface area contributed by atoms with Crippen molar-refractivity contribution in [1.82, 2.24) is 10.2 Å². The Bertz CT molecular complexity index is 831. The average molecular weight is 347 g/mol. The summed E-state index contributed by atoms with van der Waals surface area (Å²) in [5.74, 6) is -0.396. The summed E-state index contributed by atoms with van der Waals surface area (Å²) < 4.78 is 11.2. The number of aromatic nitrogens is 2. The molecule has 0 saturated carbocycles. The topological polar surface area (TPSA) is 123 Å². The number of methoxy groups -OCH3 is 1. The Morgan fingerprint density at radius 3 is 2.48 bits per heavy atom. The van der Waals surface area contributed by atoms with Crippen molar-refractivity contribution in [2.24, 2.45) is 11.7 Å². The SMILES string of the molecule is COc1ccc(-[n+]2[nH]oc(=O)c2C(=O)N2CCC(C(N)=O)CC2)cc1. The number of carbonyl (C=O) groups is 2. The van der Waals surface area contributed by atoms with Crippen LogP contribution in [0.3, 0.4) is 0 Å². The van der Waals surface area contributed by atoms with Gasteiger partial charge in [0.05, 0.1) is 7.11 Å². The van der Waals surface area contributed by atoms with Gasteiger partial charge in [-0.1, -0.05) is 0 Å². The van der Waals surface area contributed by atoms with Crippen LogP contribution < -0.4 is 20.8 Å². The summed E-state index contributed by atoms with van der Waals surface area (Å²) in [5.41, 5.74) is 4.99. The summed E-state index contributed by atoms with van der Waals surface area (Å²) >= 11 is 0. The Labute approximate surface area is 142 Å². The van der Waals surface area contributed by atoms with Gasteiger partial charge in [0.25, 0.3) is 0 Å². The van der Waals surface area contributed by atoms with Gasteiger partial charge in [0.15, 0.2) is 0 Å². The van der Waals surface area contributed by atoms with Crippen LogP contribution in [-0.2, 0) is 4.79 Å². The number of piperidine rings is 1. The number of aromatic amines is 1. The van der Waals surface area contributed by atoms with E-state index in [2.05, 4.69) is 5.27 Å². The predicted octanol–water partition coefficient (Wildman–Crippen LogP) is -0.409. The molecular formula is C16H19N4O5+. The maximum absolute atomic E-state index is 12.8. The number of primary amides is 1. The van der Waals surface area contributed by atoms with Crippen LogP contribution in [0.2, 0.25) is 0 Å². The zero-order valence-electron chi connectivity index (χ0n) is 13.7. The Hall–Kier alpha value is -3.10. The number of benzene rings is 1. The van der Waals surface area contributed by atoms with Crippen molar-refractivity contribution >= 4 is 11.8 Å². The Morgan fingerprint density at radius 2 is 1.92 bits per heavy atom. The van der Waals surface area contributed by atoms with Crippen LogP contribution >= 0.6 is 0 Å². The summed E-state index contributed by atoms with van der Waals surface area (Å²) in [5, 5.41) is 2.44. The molecule has 9 nitrogen and oxygen atoms in total. The van der Waals surface area contributed by atoms with Crippen molar-refractivity contribution in [2.75, 3.05) is 20.2 Å². The second-order valence-electron chi connectivity index (χ2n) is 5.83. The quantitative estimate of drug-likeness (QED) is 0.728. The maximum Gasteiger partial charge on any atom is 0.441 e. The van der Waals surface area contributed by atoms with Gasteiger partial charge in [0.1, 0.15) is 5.75 Å². The van der Waals surface area contributed by atoms with Crippen molar-refractivity contribution in [2.45, 2.75) is 12.8 Å². The molecule has 3 N–H and O–H groups in total. The van der Waals surface area contributed by atoms with Gasteiger partial charge in [-0.3, -0.25) is 14.1 Å². The monoisotopic (exact) mass is 347 g/mol. The standard InChI is InChI=1S/C16H18N4O5/c1-24-12-4-2-11(3-5-12)20-13(16(23)25-18-20)15(22)19-8-6-10(7-9-19)14(17)21/h2-5,10H,6-9H2,1H3,(H2-,17,18,21,22,23)/p+1. The number of hydrogen-bond acceptors (Lipinski definition) is 5. The van der Waals surface area contributed by atoms with Gasteiger partial charge in [-0.15, -0.1) is 0 Å². The summed E-state index contributed by atoms with van der Waals surface area (Å²) in [7, 11) is 1.55. The molecule has 0 spiro atoms. The molecule has 1 aliphatic heterocycles. The molecule has 2 aromatic rings. The molecule has 0 atom stereocenters. The van der Waals surface area contributed by atoms with Gasteiger partial charge in [-0.25, -0.2) is 4.79 Å². The van der Waals surface area contributed by atoms with E-state index in [0.29, 0.717) is 37.4 Å². The molecule has 1 saturated heterocycles. The molecule has 0 bridgehead atoms. The normalized spacial score (nSPS) is 15.2. The minimum atomic E-state index is -0.752. The Kier molecular flexibility index (Phi) is 4.55. The highest BCUT2D eigenvalue weighted by atomic mass is 16.5. The number of carbonyl (C=O) groups excluding carboxylic acids is 2. The molecule has 0 aliphatic carbocycles. The first-order valence-corrected chi connectivity index (χ1v) is 7.88. The summed E-state index contributed by atoms with van der Waals surface area (Å²) in [6, 6.07) is 6.81. The largest absolute Gasteiger partial charge is 0.497 e. The lowest BCUT2D eigenvalue weighted by Gasteiger charge is -2.29. The molecule has 0 unspecified atom stereocenters. The van der Waals surface area contributed by atoms with E-state index in [0.717, 1.165) is 0 Å². The number of H-pyrrole nitrogens is 1. The minimum absolute atomic E-state index is 0.123. The molecular weight excluding hydrogens is 328 g/mol. The predicted molar refractivity (Wildman–Crippen MR) is 85.2 cm³/mol. The van der Waals surface area contributed by atoms with Gasteiger partial charge in [0.2, 0.25) is 11.6 Å². The number of nitrogens with one attached hydrogen (secondary N) is 1. The zero-order valence-corrected chi connectivity index (χ0v) is 13.7. The highest BCUT2D eigenvalue weighted by molar-refractivity contribution is 5.90. The first kappa shape index (κ1) is 16.7. The number of ether oxygens (including phenoxy) is 1. The fraction of sp³-hybridized carbons (Fsp3) is 0.375. The molecule has 1 aromatic heterocycles. The minimum Gasteiger partial charge on any atom is -0.497 e. The van der Waals surface area contributed by atoms with Crippen molar-refractivity contribution in [3.05, 3.63) is 40.4 Å². The number of amides is 2. The first-order chi connectivity index (χ1) is 12.0. The molecule has 3 rings (SSSR count). The second-order valence-corrected chi connectivity index (χ2v) is 5.83. The molecule has 2 heterocycles. The van der Waals surface area contributed by atoms with Crippen LogP contribution in [-0.4, -0.2) is 42.2 Å².